The number of hydrogen-bond acceptors (Lipinski definition) is 3. The molecule has 3 aromatic rings. The maximum Gasteiger partial charge on any atom is 0.193 e. The summed E-state index contributed by atoms with van der Waals surface area (Å²) in [5.41, 5.74) is 2.27. The Hall–Kier alpha value is -2.92. The third-order valence-electron chi connectivity index (χ3n) is 5.43. The zero-order chi connectivity index (χ0) is 19.9. The van der Waals surface area contributed by atoms with Gasteiger partial charge in [-0.1, -0.05) is 54.6 Å². The van der Waals surface area contributed by atoms with E-state index in [9.17, 15) is 0 Å². The van der Waals surface area contributed by atoms with Gasteiger partial charge in [-0.2, -0.15) is 0 Å². The van der Waals surface area contributed by atoms with E-state index < -0.39 is 0 Å². The van der Waals surface area contributed by atoms with E-state index in [0.717, 1.165) is 37.8 Å². The number of aliphatic imine (C=N–C) groups is 1. The lowest BCUT2D eigenvalue weighted by atomic mass is 10.1. The number of ether oxygens (including phenoxy) is 1. The highest BCUT2D eigenvalue weighted by molar-refractivity contribution is 5.85. The van der Waals surface area contributed by atoms with E-state index in [0.29, 0.717) is 19.1 Å². The molecule has 1 saturated heterocycles. The maximum absolute atomic E-state index is 5.95. The summed E-state index contributed by atoms with van der Waals surface area (Å²) in [6.45, 7) is 4.10. The summed E-state index contributed by atoms with van der Waals surface area (Å²) in [5.74, 6) is 1.47. The first kappa shape index (κ1) is 19.4. The predicted molar refractivity (Wildman–Crippen MR) is 118 cm³/mol. The van der Waals surface area contributed by atoms with E-state index in [1.165, 1.54) is 16.3 Å². The highest BCUT2D eigenvalue weighted by Gasteiger charge is 2.25. The van der Waals surface area contributed by atoms with Crippen LogP contribution in [0.25, 0.3) is 10.8 Å². The number of fused-ring (bicyclic) bond motifs is 1. The zero-order valence-corrected chi connectivity index (χ0v) is 16.9. The average molecular weight is 389 g/mol. The number of benzene rings is 2. The summed E-state index contributed by atoms with van der Waals surface area (Å²) >= 11 is 0. The summed E-state index contributed by atoms with van der Waals surface area (Å²) in [5, 5.41) is 5.90. The Labute approximate surface area is 172 Å². The number of hydrogen-bond donors (Lipinski definition) is 1. The van der Waals surface area contributed by atoms with Gasteiger partial charge in [-0.3, -0.25) is 9.98 Å². The first-order valence-electron chi connectivity index (χ1n) is 10.2. The van der Waals surface area contributed by atoms with E-state index >= 15 is 0 Å². The van der Waals surface area contributed by atoms with Crippen molar-refractivity contribution in [3.05, 3.63) is 78.1 Å². The largest absolute Gasteiger partial charge is 0.376 e. The third-order valence-corrected chi connectivity index (χ3v) is 5.43. The minimum Gasteiger partial charge on any atom is -0.376 e. The van der Waals surface area contributed by atoms with Gasteiger partial charge < -0.3 is 15.0 Å². The van der Waals surface area contributed by atoms with Crippen LogP contribution in [-0.2, 0) is 17.9 Å². The van der Waals surface area contributed by atoms with Crippen LogP contribution in [0.2, 0.25) is 0 Å². The van der Waals surface area contributed by atoms with Gasteiger partial charge in [0.1, 0.15) is 0 Å². The van der Waals surface area contributed by atoms with Crippen molar-refractivity contribution in [3.63, 3.8) is 0 Å². The molecule has 0 radical (unpaired) electrons. The van der Waals surface area contributed by atoms with Crippen molar-refractivity contribution < 1.29 is 4.74 Å². The van der Waals surface area contributed by atoms with Crippen molar-refractivity contribution in [1.82, 2.24) is 15.2 Å². The zero-order valence-electron chi connectivity index (χ0n) is 16.9. The standard InChI is InChI=1S/C24H28N4O/c1-25-24(27-15-23-22-10-6-5-9-21(22)11-13-26-23)28-14-12-20(16-28)18-29-17-19-7-3-2-4-8-19/h2-11,13,20H,12,14-18H2,1H3,(H,25,27). The molecule has 0 saturated carbocycles. The van der Waals surface area contributed by atoms with Crippen LogP contribution in [0.3, 0.4) is 0 Å². The van der Waals surface area contributed by atoms with Gasteiger partial charge in [0.2, 0.25) is 0 Å². The molecule has 1 aliphatic rings. The predicted octanol–water partition coefficient (Wildman–Crippen LogP) is 3.85. The summed E-state index contributed by atoms with van der Waals surface area (Å²) in [6, 6.07) is 20.8. The van der Waals surface area contributed by atoms with Crippen molar-refractivity contribution in [2.45, 2.75) is 19.6 Å². The number of aromatic nitrogens is 1. The Morgan fingerprint density at radius 1 is 1.14 bits per heavy atom. The number of rotatable bonds is 6. The van der Waals surface area contributed by atoms with E-state index in [-0.39, 0.29) is 0 Å². The average Bonchev–Trinajstić information content (AvgIpc) is 3.24. The van der Waals surface area contributed by atoms with Crippen LogP contribution in [0.1, 0.15) is 17.7 Å². The van der Waals surface area contributed by atoms with Gasteiger partial charge in [0.15, 0.2) is 5.96 Å². The second-order valence-electron chi connectivity index (χ2n) is 7.48. The maximum atomic E-state index is 5.95. The molecule has 2 heterocycles. The van der Waals surface area contributed by atoms with Gasteiger partial charge in [0.25, 0.3) is 0 Å². The van der Waals surface area contributed by atoms with Crippen molar-refractivity contribution in [1.29, 1.82) is 0 Å². The topological polar surface area (TPSA) is 49.8 Å². The van der Waals surface area contributed by atoms with E-state index in [1.807, 2.05) is 25.4 Å². The van der Waals surface area contributed by atoms with Gasteiger partial charge in [0.05, 0.1) is 25.5 Å². The fourth-order valence-corrected chi connectivity index (χ4v) is 3.90. The summed E-state index contributed by atoms with van der Waals surface area (Å²) in [4.78, 5) is 11.4. The molecule has 1 aromatic heterocycles. The molecule has 150 valence electrons. The molecule has 0 amide bonds. The highest BCUT2D eigenvalue weighted by atomic mass is 16.5. The summed E-state index contributed by atoms with van der Waals surface area (Å²) in [6.07, 6.45) is 3.00. The number of pyridine rings is 1. The second-order valence-corrected chi connectivity index (χ2v) is 7.48. The lowest BCUT2D eigenvalue weighted by Crippen LogP contribution is -2.40. The monoisotopic (exact) mass is 388 g/mol. The Bertz CT molecular complexity index is 952. The van der Waals surface area contributed by atoms with Crippen molar-refractivity contribution in [2.75, 3.05) is 26.7 Å². The first-order valence-corrected chi connectivity index (χ1v) is 10.2. The van der Waals surface area contributed by atoms with Gasteiger partial charge in [-0.15, -0.1) is 0 Å². The lowest BCUT2D eigenvalue weighted by molar-refractivity contribution is 0.0906. The number of guanidine groups is 1. The minimum absolute atomic E-state index is 0.535. The summed E-state index contributed by atoms with van der Waals surface area (Å²) in [7, 11) is 1.85. The number of nitrogens with one attached hydrogen (secondary N) is 1. The normalized spacial score (nSPS) is 17.1. The van der Waals surface area contributed by atoms with Gasteiger partial charge >= 0.3 is 0 Å². The molecule has 0 bridgehead atoms. The van der Waals surface area contributed by atoms with Gasteiger partial charge in [-0.05, 0) is 23.4 Å². The quantitative estimate of drug-likeness (QED) is 0.515. The molecule has 5 heteroatoms. The minimum atomic E-state index is 0.535. The number of likely N-dealkylation sites (tertiary alicyclic amines) is 1. The van der Waals surface area contributed by atoms with Gasteiger partial charge in [0, 0.05) is 37.6 Å². The van der Waals surface area contributed by atoms with Crippen molar-refractivity contribution in [3.8, 4) is 0 Å². The van der Waals surface area contributed by atoms with Crippen LogP contribution >= 0.6 is 0 Å². The fraction of sp³-hybridized carbons (Fsp3) is 0.333. The van der Waals surface area contributed by atoms with E-state index in [2.05, 4.69) is 68.7 Å². The van der Waals surface area contributed by atoms with Crippen LogP contribution in [0, 0.1) is 5.92 Å². The van der Waals surface area contributed by atoms with Crippen LogP contribution < -0.4 is 5.32 Å². The molecule has 0 aliphatic carbocycles. The lowest BCUT2D eigenvalue weighted by Gasteiger charge is -2.22. The molecule has 1 N–H and O–H groups in total. The van der Waals surface area contributed by atoms with Gasteiger partial charge in [-0.25, -0.2) is 0 Å². The highest BCUT2D eigenvalue weighted by Crippen LogP contribution is 2.19. The first-order chi connectivity index (χ1) is 14.3. The molecule has 1 atom stereocenters. The molecule has 1 fully saturated rings. The number of nitrogens with zero attached hydrogens (tertiary/aromatic N) is 3. The van der Waals surface area contributed by atoms with Crippen LogP contribution in [-0.4, -0.2) is 42.6 Å². The Kier molecular flexibility index (Phi) is 6.37. The van der Waals surface area contributed by atoms with E-state index in [1.54, 1.807) is 0 Å². The molecule has 4 rings (SSSR count). The second kappa shape index (κ2) is 9.52. The summed E-state index contributed by atoms with van der Waals surface area (Å²) < 4.78 is 5.95. The smallest absolute Gasteiger partial charge is 0.193 e. The Morgan fingerprint density at radius 3 is 2.83 bits per heavy atom. The molecule has 1 aliphatic heterocycles. The van der Waals surface area contributed by atoms with Crippen molar-refractivity contribution in [2.24, 2.45) is 10.9 Å². The van der Waals surface area contributed by atoms with Crippen LogP contribution in [0.5, 0.6) is 0 Å². The molecule has 1 unspecified atom stereocenters. The molecule has 0 spiro atoms. The molecule has 29 heavy (non-hydrogen) atoms. The SMILES string of the molecule is CN=C(NCc1nccc2ccccc12)N1CCC(COCc2ccccc2)C1. The van der Waals surface area contributed by atoms with Crippen molar-refractivity contribution >= 4 is 16.7 Å². The fourth-order valence-electron chi connectivity index (χ4n) is 3.90. The third kappa shape index (κ3) is 4.93. The molecule has 5 nitrogen and oxygen atoms in total. The van der Waals surface area contributed by atoms with Crippen LogP contribution in [0.15, 0.2) is 71.9 Å². The molecule has 2 aromatic carbocycles. The Morgan fingerprint density at radius 2 is 1.97 bits per heavy atom. The van der Waals surface area contributed by atoms with Crippen LogP contribution in [0.4, 0.5) is 0 Å². The Balaban J connectivity index is 1.28. The molecular weight excluding hydrogens is 360 g/mol. The van der Waals surface area contributed by atoms with E-state index in [4.69, 9.17) is 4.74 Å². The molecular formula is C24H28N4O.